The van der Waals surface area contributed by atoms with Crippen molar-refractivity contribution in [3.8, 4) is 5.75 Å². The Morgan fingerprint density at radius 1 is 1.50 bits per heavy atom. The van der Waals surface area contributed by atoms with Crippen LogP contribution in [0.5, 0.6) is 5.75 Å². The number of nitrogens with zero attached hydrogens (tertiary/aromatic N) is 1. The molecule has 6 nitrogen and oxygen atoms in total. The third-order valence-electron chi connectivity index (χ3n) is 2.61. The molecular weight excluding hydrogens is 265 g/mol. The molecule has 0 fully saturated rings. The molecule has 0 unspecified atom stereocenters. The molecule has 1 aromatic carbocycles. The number of fused-ring (bicyclic) bond motifs is 1. The molecule has 108 valence electrons. The lowest BCUT2D eigenvalue weighted by atomic mass is 10.2. The molecule has 2 N–H and O–H groups in total. The van der Waals surface area contributed by atoms with Gasteiger partial charge in [-0.3, -0.25) is 14.3 Å². The van der Waals surface area contributed by atoms with Gasteiger partial charge in [0, 0.05) is 18.9 Å². The van der Waals surface area contributed by atoms with Gasteiger partial charge in [0.15, 0.2) is 5.82 Å². The highest BCUT2D eigenvalue weighted by atomic mass is 19.1. The van der Waals surface area contributed by atoms with Crippen LogP contribution in [0.2, 0.25) is 0 Å². The maximum absolute atomic E-state index is 12.0. The molecule has 2 aromatic rings. The highest BCUT2D eigenvalue weighted by Crippen LogP contribution is 2.25. The van der Waals surface area contributed by atoms with Crippen molar-refractivity contribution in [1.29, 1.82) is 0 Å². The van der Waals surface area contributed by atoms with Gasteiger partial charge in [-0.1, -0.05) is 0 Å². The lowest BCUT2D eigenvalue weighted by molar-refractivity contribution is -0.119. The first-order chi connectivity index (χ1) is 9.74. The van der Waals surface area contributed by atoms with E-state index in [4.69, 9.17) is 9.47 Å². The first-order valence-electron chi connectivity index (χ1n) is 6.20. The van der Waals surface area contributed by atoms with Gasteiger partial charge in [0.1, 0.15) is 12.4 Å². The molecule has 0 aliphatic heterocycles. The van der Waals surface area contributed by atoms with Crippen molar-refractivity contribution in [3.05, 3.63) is 18.2 Å². The Bertz CT molecular complexity index is 585. The van der Waals surface area contributed by atoms with Crippen LogP contribution < -0.4 is 10.1 Å². The molecule has 0 radical (unpaired) electrons. The zero-order valence-electron chi connectivity index (χ0n) is 11.1. The topological polar surface area (TPSA) is 76.2 Å². The second-order valence-electron chi connectivity index (χ2n) is 4.15. The van der Waals surface area contributed by atoms with Gasteiger partial charge in [0.05, 0.1) is 18.8 Å². The molecule has 0 bridgehead atoms. The van der Waals surface area contributed by atoms with E-state index in [0.717, 1.165) is 10.9 Å². The monoisotopic (exact) mass is 281 g/mol. The van der Waals surface area contributed by atoms with Crippen LogP contribution in [-0.2, 0) is 9.53 Å². The lowest BCUT2D eigenvalue weighted by Crippen LogP contribution is -2.17. The number of carbonyl (C=O) groups is 1. The minimum absolute atomic E-state index is 0.0406. The number of nitrogens with one attached hydrogen (secondary N) is 2. The Kier molecular flexibility index (Phi) is 4.89. The van der Waals surface area contributed by atoms with Crippen molar-refractivity contribution in [1.82, 2.24) is 10.2 Å². The number of hydrogen-bond acceptors (Lipinski definition) is 4. The highest BCUT2D eigenvalue weighted by Gasteiger charge is 2.10. The molecule has 1 aromatic heterocycles. The van der Waals surface area contributed by atoms with Crippen molar-refractivity contribution >= 4 is 22.6 Å². The average molecular weight is 281 g/mol. The van der Waals surface area contributed by atoms with Crippen molar-refractivity contribution in [3.63, 3.8) is 0 Å². The number of aromatic nitrogens is 2. The van der Waals surface area contributed by atoms with Gasteiger partial charge in [-0.2, -0.15) is 5.10 Å². The first-order valence-corrected chi connectivity index (χ1v) is 6.20. The smallest absolute Gasteiger partial charge is 0.251 e. The van der Waals surface area contributed by atoms with Gasteiger partial charge >= 0.3 is 0 Å². The van der Waals surface area contributed by atoms with Crippen molar-refractivity contribution in [2.45, 2.75) is 6.42 Å². The highest BCUT2D eigenvalue weighted by molar-refractivity contribution is 6.00. The van der Waals surface area contributed by atoms with E-state index in [9.17, 15) is 9.18 Å². The summed E-state index contributed by atoms with van der Waals surface area (Å²) in [5.41, 5.74) is 0.774. The zero-order chi connectivity index (χ0) is 14.4. The number of methoxy groups -OCH3 is 1. The van der Waals surface area contributed by atoms with Crippen LogP contribution in [0.4, 0.5) is 10.2 Å². The summed E-state index contributed by atoms with van der Waals surface area (Å²) in [5.74, 6) is 0.734. The second kappa shape index (κ2) is 6.85. The summed E-state index contributed by atoms with van der Waals surface area (Å²) in [7, 11) is 1.44. The van der Waals surface area contributed by atoms with Crippen LogP contribution in [0.25, 0.3) is 10.9 Å². The maximum Gasteiger partial charge on any atom is 0.251 e. The number of halogens is 1. The van der Waals surface area contributed by atoms with Crippen LogP contribution in [0.15, 0.2) is 18.2 Å². The number of ether oxygens (including phenoxy) is 2. The van der Waals surface area contributed by atoms with E-state index in [1.165, 1.54) is 7.11 Å². The second-order valence-corrected chi connectivity index (χ2v) is 4.15. The van der Waals surface area contributed by atoms with E-state index in [-0.39, 0.29) is 12.5 Å². The molecule has 0 aliphatic rings. The Morgan fingerprint density at radius 3 is 3.10 bits per heavy atom. The molecule has 0 atom stereocenters. The molecule has 0 saturated heterocycles. The van der Waals surface area contributed by atoms with Crippen molar-refractivity contribution in [2.75, 3.05) is 32.3 Å². The van der Waals surface area contributed by atoms with E-state index in [2.05, 4.69) is 15.5 Å². The zero-order valence-corrected chi connectivity index (χ0v) is 11.1. The Labute approximate surface area is 115 Å². The number of amides is 1. The third-order valence-corrected chi connectivity index (χ3v) is 2.61. The van der Waals surface area contributed by atoms with Gasteiger partial charge in [0.2, 0.25) is 0 Å². The van der Waals surface area contributed by atoms with Crippen LogP contribution in [-0.4, -0.2) is 43.1 Å². The minimum Gasteiger partial charge on any atom is -0.493 e. The molecule has 0 saturated carbocycles. The SMILES string of the molecule is COCC(=O)Nc1n[nH]c2ccc(OCCCF)cc12. The molecule has 1 amide bonds. The number of alkyl halides is 1. The number of H-pyrrole nitrogens is 1. The number of benzene rings is 1. The summed E-state index contributed by atoms with van der Waals surface area (Å²) in [6.45, 7) is -0.140. The largest absolute Gasteiger partial charge is 0.493 e. The minimum atomic E-state index is -0.410. The quantitative estimate of drug-likeness (QED) is 0.760. The number of aromatic amines is 1. The number of hydrogen-bond donors (Lipinski definition) is 2. The molecule has 7 heteroatoms. The van der Waals surface area contributed by atoms with Gasteiger partial charge in [0.25, 0.3) is 5.91 Å². The standard InChI is InChI=1S/C13H16FN3O3/c1-19-8-12(18)15-13-10-7-9(20-6-2-5-14)3-4-11(10)16-17-13/h3-4,7H,2,5-6,8H2,1H3,(H2,15,16,17,18). The summed E-state index contributed by atoms with van der Waals surface area (Å²) < 4.78 is 22.2. The molecular formula is C13H16FN3O3. The molecule has 2 rings (SSSR count). The predicted molar refractivity (Wildman–Crippen MR) is 72.7 cm³/mol. The average Bonchev–Trinajstić information content (AvgIpc) is 2.82. The fourth-order valence-electron chi connectivity index (χ4n) is 1.72. The van der Waals surface area contributed by atoms with E-state index in [1.807, 2.05) is 0 Å². The van der Waals surface area contributed by atoms with Crippen LogP contribution in [0.3, 0.4) is 0 Å². The van der Waals surface area contributed by atoms with Crippen LogP contribution in [0, 0.1) is 0 Å². The summed E-state index contributed by atoms with van der Waals surface area (Å²) >= 11 is 0. The Hall–Kier alpha value is -2.15. The van der Waals surface area contributed by atoms with E-state index < -0.39 is 6.67 Å². The molecule has 0 spiro atoms. The van der Waals surface area contributed by atoms with Crippen LogP contribution >= 0.6 is 0 Å². The van der Waals surface area contributed by atoms with Gasteiger partial charge in [-0.05, 0) is 18.2 Å². The van der Waals surface area contributed by atoms with Gasteiger partial charge in [-0.15, -0.1) is 0 Å². The van der Waals surface area contributed by atoms with Crippen molar-refractivity contribution in [2.24, 2.45) is 0 Å². The van der Waals surface area contributed by atoms with Crippen LogP contribution in [0.1, 0.15) is 6.42 Å². The predicted octanol–water partition coefficient (Wildman–Crippen LogP) is 1.89. The van der Waals surface area contributed by atoms with E-state index in [1.54, 1.807) is 18.2 Å². The normalized spacial score (nSPS) is 10.7. The van der Waals surface area contributed by atoms with E-state index >= 15 is 0 Å². The summed E-state index contributed by atoms with van der Waals surface area (Å²) in [5, 5.41) is 10.2. The Balaban J connectivity index is 2.14. The number of rotatable bonds is 7. The molecule has 0 aliphatic carbocycles. The van der Waals surface area contributed by atoms with Gasteiger partial charge < -0.3 is 14.8 Å². The molecule has 1 heterocycles. The number of anilines is 1. The summed E-state index contributed by atoms with van der Waals surface area (Å²) in [6, 6.07) is 5.30. The van der Waals surface area contributed by atoms with Crippen molar-refractivity contribution < 1.29 is 18.7 Å². The number of carbonyl (C=O) groups excluding carboxylic acids is 1. The fourth-order valence-corrected chi connectivity index (χ4v) is 1.72. The summed E-state index contributed by atoms with van der Waals surface area (Å²) in [6.07, 6.45) is 0.348. The lowest BCUT2D eigenvalue weighted by Gasteiger charge is -2.05. The van der Waals surface area contributed by atoms with Gasteiger partial charge in [-0.25, -0.2) is 0 Å². The first kappa shape index (κ1) is 14.3. The maximum atomic E-state index is 12.0. The van der Waals surface area contributed by atoms with E-state index in [0.29, 0.717) is 24.6 Å². The third kappa shape index (κ3) is 3.45. The summed E-state index contributed by atoms with van der Waals surface area (Å²) in [4.78, 5) is 11.5. The fraction of sp³-hybridized carbons (Fsp3) is 0.385. The molecule has 20 heavy (non-hydrogen) atoms. The Morgan fingerprint density at radius 2 is 2.35 bits per heavy atom.